The summed E-state index contributed by atoms with van der Waals surface area (Å²) in [5.74, 6) is 1.25. The number of amides is 2. The van der Waals surface area contributed by atoms with Crippen LogP contribution in [0.15, 0.2) is 59.6 Å². The fraction of sp³-hybridized carbons (Fsp3) is 0.240. The second kappa shape index (κ2) is 11.0. The minimum Gasteiger partial charge on any atom is -0.497 e. The highest BCUT2D eigenvalue weighted by atomic mass is 32.2. The van der Waals surface area contributed by atoms with Crippen molar-refractivity contribution < 1.29 is 14.3 Å². The van der Waals surface area contributed by atoms with E-state index in [4.69, 9.17) is 4.74 Å². The number of anilines is 1. The van der Waals surface area contributed by atoms with Gasteiger partial charge in [0.05, 0.1) is 12.9 Å². The fourth-order valence-electron chi connectivity index (χ4n) is 3.57. The number of aryl methyl sites for hydroxylation is 2. The lowest BCUT2D eigenvalue weighted by molar-refractivity contribution is -0.113. The molecule has 10 heteroatoms. The highest BCUT2D eigenvalue weighted by molar-refractivity contribution is 7.99. The molecule has 0 aliphatic rings. The van der Waals surface area contributed by atoms with Crippen LogP contribution in [0.4, 0.5) is 5.69 Å². The van der Waals surface area contributed by atoms with Crippen LogP contribution < -0.4 is 15.4 Å². The van der Waals surface area contributed by atoms with Gasteiger partial charge in [0.15, 0.2) is 11.5 Å². The summed E-state index contributed by atoms with van der Waals surface area (Å²) in [4.78, 5) is 24.8. The number of benzene rings is 2. The molecule has 4 rings (SSSR count). The lowest BCUT2D eigenvalue weighted by Crippen LogP contribution is -2.26. The summed E-state index contributed by atoms with van der Waals surface area (Å²) in [5.41, 5.74) is 4.13. The Labute approximate surface area is 207 Å². The molecule has 0 bridgehead atoms. The van der Waals surface area contributed by atoms with E-state index in [1.807, 2.05) is 38.1 Å². The third-order valence-electron chi connectivity index (χ3n) is 5.15. The SMILES string of the molecule is COc1ccc(C(=O)NCCc2nnc3ccc(SCC(=O)Nc4cc(C)cc(C)c4)nn23)cc1. The van der Waals surface area contributed by atoms with Gasteiger partial charge in [0.1, 0.15) is 10.8 Å². The largest absolute Gasteiger partial charge is 0.497 e. The monoisotopic (exact) mass is 490 g/mol. The maximum Gasteiger partial charge on any atom is 0.251 e. The molecule has 0 fully saturated rings. The number of hydrogen-bond donors (Lipinski definition) is 2. The van der Waals surface area contributed by atoms with Crippen molar-refractivity contribution in [1.29, 1.82) is 0 Å². The number of carbonyl (C=O) groups is 2. The molecule has 35 heavy (non-hydrogen) atoms. The summed E-state index contributed by atoms with van der Waals surface area (Å²) in [5, 5.41) is 19.4. The molecule has 0 unspecified atom stereocenters. The minimum absolute atomic E-state index is 0.105. The van der Waals surface area contributed by atoms with Crippen LogP contribution in [0, 0.1) is 13.8 Å². The van der Waals surface area contributed by atoms with E-state index in [0.717, 1.165) is 16.8 Å². The smallest absolute Gasteiger partial charge is 0.251 e. The van der Waals surface area contributed by atoms with Crippen LogP contribution in [0.3, 0.4) is 0 Å². The van der Waals surface area contributed by atoms with E-state index in [2.05, 4.69) is 32.0 Å². The maximum absolute atomic E-state index is 12.4. The second-order valence-electron chi connectivity index (χ2n) is 8.01. The van der Waals surface area contributed by atoms with Gasteiger partial charge in [0.2, 0.25) is 5.91 Å². The molecular formula is C25H26N6O3S. The quantitative estimate of drug-likeness (QED) is 0.346. The Bertz CT molecular complexity index is 1330. The van der Waals surface area contributed by atoms with Crippen molar-refractivity contribution in [3.63, 3.8) is 0 Å². The third kappa shape index (κ3) is 6.36. The number of nitrogens with one attached hydrogen (secondary N) is 2. The zero-order chi connectivity index (χ0) is 24.8. The lowest BCUT2D eigenvalue weighted by atomic mass is 10.1. The van der Waals surface area contributed by atoms with Crippen LogP contribution >= 0.6 is 11.8 Å². The molecule has 0 aliphatic heterocycles. The highest BCUT2D eigenvalue weighted by Gasteiger charge is 2.11. The highest BCUT2D eigenvalue weighted by Crippen LogP contribution is 2.18. The predicted octanol–water partition coefficient (Wildman–Crippen LogP) is 3.45. The fourth-order valence-corrected chi connectivity index (χ4v) is 4.22. The zero-order valence-corrected chi connectivity index (χ0v) is 20.6. The number of nitrogens with zero attached hydrogens (tertiary/aromatic N) is 4. The molecule has 0 saturated carbocycles. The first-order valence-corrected chi connectivity index (χ1v) is 12.0. The van der Waals surface area contributed by atoms with E-state index in [0.29, 0.717) is 40.8 Å². The predicted molar refractivity (Wildman–Crippen MR) is 135 cm³/mol. The lowest BCUT2D eigenvalue weighted by Gasteiger charge is -2.08. The summed E-state index contributed by atoms with van der Waals surface area (Å²) in [6, 6.07) is 16.5. The van der Waals surface area contributed by atoms with Gasteiger partial charge in [-0.15, -0.1) is 10.2 Å². The molecule has 2 aromatic heterocycles. The molecule has 2 heterocycles. The van der Waals surface area contributed by atoms with Crippen LogP contribution in [0.25, 0.3) is 5.65 Å². The summed E-state index contributed by atoms with van der Waals surface area (Å²) in [7, 11) is 1.58. The van der Waals surface area contributed by atoms with Gasteiger partial charge < -0.3 is 15.4 Å². The van der Waals surface area contributed by atoms with Crippen LogP contribution in [0.2, 0.25) is 0 Å². The molecular weight excluding hydrogens is 464 g/mol. The van der Waals surface area contributed by atoms with E-state index in [9.17, 15) is 9.59 Å². The van der Waals surface area contributed by atoms with Crippen molar-refractivity contribution in [1.82, 2.24) is 25.1 Å². The van der Waals surface area contributed by atoms with Gasteiger partial charge in [-0.1, -0.05) is 17.8 Å². The average molecular weight is 491 g/mol. The van der Waals surface area contributed by atoms with Gasteiger partial charge in [0.25, 0.3) is 5.91 Å². The summed E-state index contributed by atoms with van der Waals surface area (Å²) in [6.45, 7) is 4.37. The molecule has 2 aromatic carbocycles. The maximum atomic E-state index is 12.4. The number of rotatable bonds is 9. The van der Waals surface area contributed by atoms with Crippen molar-refractivity contribution in [2.75, 3.05) is 24.7 Å². The molecule has 2 N–H and O–H groups in total. The normalized spacial score (nSPS) is 10.8. The number of carbonyl (C=O) groups excluding carboxylic acids is 2. The number of aromatic nitrogens is 4. The first-order valence-electron chi connectivity index (χ1n) is 11.1. The average Bonchev–Trinajstić information content (AvgIpc) is 3.24. The topological polar surface area (TPSA) is 111 Å². The third-order valence-corrected chi connectivity index (χ3v) is 6.07. The first-order chi connectivity index (χ1) is 16.9. The Balaban J connectivity index is 1.33. The van der Waals surface area contributed by atoms with Gasteiger partial charge in [0, 0.05) is 24.2 Å². The van der Waals surface area contributed by atoms with E-state index >= 15 is 0 Å². The van der Waals surface area contributed by atoms with Gasteiger partial charge in [-0.25, -0.2) is 0 Å². The number of thioether (sulfide) groups is 1. The van der Waals surface area contributed by atoms with Crippen molar-refractivity contribution in [3.8, 4) is 5.75 Å². The van der Waals surface area contributed by atoms with Crippen molar-refractivity contribution in [2.24, 2.45) is 0 Å². The molecule has 4 aromatic rings. The standard InChI is InChI=1S/C25H26N6O3S/c1-16-12-17(2)14-19(13-16)27-23(32)15-35-24-9-8-21-28-29-22(31(21)30-24)10-11-26-25(33)18-4-6-20(34-3)7-5-18/h4-9,12-14H,10-11,15H2,1-3H3,(H,26,33)(H,27,32). The van der Waals surface area contributed by atoms with E-state index in [-0.39, 0.29) is 17.6 Å². The Hall–Kier alpha value is -3.92. The second-order valence-corrected chi connectivity index (χ2v) is 9.00. The Morgan fingerprint density at radius 3 is 2.46 bits per heavy atom. The van der Waals surface area contributed by atoms with Crippen LogP contribution in [-0.2, 0) is 11.2 Å². The van der Waals surface area contributed by atoms with E-state index in [1.165, 1.54) is 11.8 Å². The van der Waals surface area contributed by atoms with Crippen molar-refractivity contribution in [2.45, 2.75) is 25.3 Å². The van der Waals surface area contributed by atoms with Crippen LogP contribution in [0.1, 0.15) is 27.3 Å². The Morgan fingerprint density at radius 2 is 1.74 bits per heavy atom. The zero-order valence-electron chi connectivity index (χ0n) is 19.7. The molecule has 0 saturated heterocycles. The molecule has 0 atom stereocenters. The van der Waals surface area contributed by atoms with Crippen LogP contribution in [0.5, 0.6) is 5.75 Å². The molecule has 0 radical (unpaired) electrons. The van der Waals surface area contributed by atoms with Gasteiger partial charge in [-0.2, -0.15) is 9.61 Å². The molecule has 180 valence electrons. The summed E-state index contributed by atoms with van der Waals surface area (Å²) >= 11 is 1.33. The van der Waals surface area contributed by atoms with Gasteiger partial charge >= 0.3 is 0 Å². The summed E-state index contributed by atoms with van der Waals surface area (Å²) in [6.07, 6.45) is 0.456. The number of methoxy groups -OCH3 is 1. The van der Waals surface area contributed by atoms with Gasteiger partial charge in [-0.05, 0) is 73.5 Å². The first kappa shape index (κ1) is 24.2. The minimum atomic E-state index is -0.180. The van der Waals surface area contributed by atoms with Gasteiger partial charge in [-0.3, -0.25) is 9.59 Å². The molecule has 2 amide bonds. The molecule has 9 nitrogen and oxygen atoms in total. The molecule has 0 spiro atoms. The van der Waals surface area contributed by atoms with E-state index < -0.39 is 0 Å². The van der Waals surface area contributed by atoms with Crippen LogP contribution in [-0.4, -0.2) is 51.0 Å². The number of fused-ring (bicyclic) bond motifs is 1. The Morgan fingerprint density at radius 1 is 1.00 bits per heavy atom. The number of hydrogen-bond acceptors (Lipinski definition) is 7. The Kier molecular flexibility index (Phi) is 7.61. The number of ether oxygens (including phenoxy) is 1. The van der Waals surface area contributed by atoms with E-state index in [1.54, 1.807) is 35.9 Å². The van der Waals surface area contributed by atoms with Crippen molar-refractivity contribution >= 4 is 34.9 Å². The molecule has 0 aliphatic carbocycles. The summed E-state index contributed by atoms with van der Waals surface area (Å²) < 4.78 is 6.76. The van der Waals surface area contributed by atoms with Crippen molar-refractivity contribution in [3.05, 3.63) is 77.1 Å².